The molecule has 20 heavy (non-hydrogen) atoms. The first kappa shape index (κ1) is 14.1. The molecular weight excluding hydrogens is 258 g/mol. The fourth-order valence-electron chi connectivity index (χ4n) is 1.82. The van der Waals surface area contributed by atoms with Gasteiger partial charge < -0.3 is 15.2 Å². The molecule has 1 heterocycles. The molecule has 1 amide bonds. The molecule has 106 valence electrons. The lowest BCUT2D eigenvalue weighted by Crippen LogP contribution is -2.19. The van der Waals surface area contributed by atoms with E-state index in [-0.39, 0.29) is 19.1 Å². The highest BCUT2D eigenvalue weighted by Crippen LogP contribution is 2.23. The lowest BCUT2D eigenvalue weighted by Gasteiger charge is -2.11. The number of hydrogen-bond acceptors (Lipinski definition) is 4. The van der Waals surface area contributed by atoms with E-state index in [4.69, 9.17) is 4.74 Å². The zero-order chi connectivity index (χ0) is 14.4. The maximum atomic E-state index is 11.8. The van der Waals surface area contributed by atoms with Gasteiger partial charge in [-0.25, -0.2) is 0 Å². The van der Waals surface area contributed by atoms with Gasteiger partial charge in [-0.3, -0.25) is 9.48 Å². The van der Waals surface area contributed by atoms with Crippen molar-refractivity contribution in [1.82, 2.24) is 9.78 Å². The summed E-state index contributed by atoms with van der Waals surface area (Å²) in [5.74, 6) is 0.446. The predicted molar refractivity (Wildman–Crippen MR) is 74.4 cm³/mol. The lowest BCUT2D eigenvalue weighted by atomic mass is 10.2. The third-order valence-electron chi connectivity index (χ3n) is 2.68. The topological polar surface area (TPSA) is 76.4 Å². The molecule has 0 aliphatic rings. The number of ether oxygens (including phenoxy) is 1. The van der Waals surface area contributed by atoms with Crippen molar-refractivity contribution in [3.05, 3.63) is 42.2 Å². The van der Waals surface area contributed by atoms with Gasteiger partial charge in [-0.1, -0.05) is 0 Å². The van der Waals surface area contributed by atoms with Crippen molar-refractivity contribution < 1.29 is 14.6 Å². The van der Waals surface area contributed by atoms with E-state index in [0.717, 1.165) is 0 Å². The fraction of sp³-hybridized carbons (Fsp3) is 0.286. The van der Waals surface area contributed by atoms with E-state index < -0.39 is 0 Å². The number of hydrogen-bond donors (Lipinski definition) is 2. The number of aliphatic hydroxyl groups is 1. The van der Waals surface area contributed by atoms with Gasteiger partial charge in [-0.05, 0) is 31.2 Å². The molecule has 2 rings (SSSR count). The second kappa shape index (κ2) is 6.72. The van der Waals surface area contributed by atoms with E-state index in [1.807, 2.05) is 6.92 Å². The Labute approximate surface area is 117 Å². The molecule has 0 aliphatic carbocycles. The monoisotopic (exact) mass is 275 g/mol. The number of amides is 1. The molecule has 0 unspecified atom stereocenters. The molecule has 0 saturated heterocycles. The Kier molecular flexibility index (Phi) is 4.73. The first-order chi connectivity index (χ1) is 9.72. The van der Waals surface area contributed by atoms with Crippen molar-refractivity contribution in [3.8, 4) is 5.75 Å². The van der Waals surface area contributed by atoms with Crippen molar-refractivity contribution in [2.45, 2.75) is 20.1 Å². The highest BCUT2D eigenvalue weighted by atomic mass is 16.5. The van der Waals surface area contributed by atoms with E-state index in [2.05, 4.69) is 10.4 Å². The smallest absolute Gasteiger partial charge is 0.246 e. The number of rotatable bonds is 6. The van der Waals surface area contributed by atoms with Crippen LogP contribution in [-0.4, -0.2) is 27.4 Å². The van der Waals surface area contributed by atoms with Crippen LogP contribution in [0.5, 0.6) is 5.75 Å². The molecule has 2 aromatic rings. The van der Waals surface area contributed by atoms with Gasteiger partial charge in [0.2, 0.25) is 5.91 Å². The molecule has 0 radical (unpaired) electrons. The van der Waals surface area contributed by atoms with Gasteiger partial charge in [0.15, 0.2) is 0 Å². The van der Waals surface area contributed by atoms with Crippen molar-refractivity contribution in [3.63, 3.8) is 0 Å². The second-order valence-electron chi connectivity index (χ2n) is 4.17. The van der Waals surface area contributed by atoms with Crippen LogP contribution in [0.2, 0.25) is 0 Å². The second-order valence-corrected chi connectivity index (χ2v) is 4.17. The van der Waals surface area contributed by atoms with Crippen LogP contribution in [0.25, 0.3) is 0 Å². The Morgan fingerprint density at radius 1 is 1.50 bits per heavy atom. The quantitative estimate of drug-likeness (QED) is 0.835. The van der Waals surface area contributed by atoms with Crippen LogP contribution >= 0.6 is 0 Å². The van der Waals surface area contributed by atoms with Crippen LogP contribution in [-0.2, 0) is 17.9 Å². The number of nitrogens with one attached hydrogen (secondary N) is 1. The minimum Gasteiger partial charge on any atom is -0.494 e. The summed E-state index contributed by atoms with van der Waals surface area (Å²) in [6, 6.07) is 6.93. The zero-order valence-electron chi connectivity index (χ0n) is 11.2. The van der Waals surface area contributed by atoms with Crippen LogP contribution in [0.1, 0.15) is 12.5 Å². The molecule has 0 saturated carbocycles. The van der Waals surface area contributed by atoms with Gasteiger partial charge in [0, 0.05) is 23.6 Å². The lowest BCUT2D eigenvalue weighted by molar-refractivity contribution is -0.116. The average molecular weight is 275 g/mol. The number of anilines is 1. The number of carbonyl (C=O) groups excluding carboxylic acids is 1. The molecule has 0 atom stereocenters. The number of aliphatic hydroxyl groups excluding tert-OH is 1. The van der Waals surface area contributed by atoms with Gasteiger partial charge in [0.05, 0.1) is 13.2 Å². The van der Waals surface area contributed by atoms with Crippen molar-refractivity contribution in [2.75, 3.05) is 11.9 Å². The molecule has 0 bridgehead atoms. The Morgan fingerprint density at radius 3 is 3.00 bits per heavy atom. The summed E-state index contributed by atoms with van der Waals surface area (Å²) in [6.07, 6.45) is 3.34. The predicted octanol–water partition coefficient (Wildman–Crippen LogP) is 1.41. The van der Waals surface area contributed by atoms with Crippen LogP contribution in [0.4, 0.5) is 5.69 Å². The van der Waals surface area contributed by atoms with E-state index in [9.17, 15) is 9.90 Å². The van der Waals surface area contributed by atoms with Crippen molar-refractivity contribution >= 4 is 11.6 Å². The molecule has 6 heteroatoms. The van der Waals surface area contributed by atoms with Crippen molar-refractivity contribution in [1.29, 1.82) is 0 Å². The number of carbonyl (C=O) groups is 1. The first-order valence-corrected chi connectivity index (χ1v) is 6.36. The maximum absolute atomic E-state index is 11.8. The minimum atomic E-state index is -0.179. The third kappa shape index (κ3) is 3.58. The van der Waals surface area contributed by atoms with Crippen LogP contribution < -0.4 is 10.1 Å². The summed E-state index contributed by atoms with van der Waals surface area (Å²) in [7, 11) is 0. The summed E-state index contributed by atoms with van der Waals surface area (Å²) in [6.45, 7) is 2.41. The van der Waals surface area contributed by atoms with Gasteiger partial charge in [-0.15, -0.1) is 0 Å². The van der Waals surface area contributed by atoms with E-state index in [1.54, 1.807) is 36.7 Å². The van der Waals surface area contributed by atoms with Crippen LogP contribution in [0.15, 0.2) is 36.7 Å². The van der Waals surface area contributed by atoms with Crippen molar-refractivity contribution in [2.24, 2.45) is 0 Å². The fourth-order valence-corrected chi connectivity index (χ4v) is 1.82. The maximum Gasteiger partial charge on any atom is 0.246 e. The highest BCUT2D eigenvalue weighted by molar-refractivity contribution is 5.90. The molecular formula is C14H17N3O3. The molecule has 0 fully saturated rings. The number of nitrogens with zero attached hydrogens (tertiary/aromatic N) is 2. The molecule has 1 aromatic carbocycles. The SMILES string of the molecule is CCOc1ccc(NC(=O)Cn2cccn2)cc1CO. The molecule has 1 aromatic heterocycles. The number of benzene rings is 1. The zero-order valence-corrected chi connectivity index (χ0v) is 11.2. The summed E-state index contributed by atoms with van der Waals surface area (Å²) in [4.78, 5) is 11.8. The Bertz CT molecular complexity index is 567. The summed E-state index contributed by atoms with van der Waals surface area (Å²) >= 11 is 0. The highest BCUT2D eigenvalue weighted by Gasteiger charge is 2.07. The molecule has 6 nitrogen and oxygen atoms in total. The van der Waals surface area contributed by atoms with E-state index in [1.165, 1.54) is 4.68 Å². The minimum absolute atomic E-state index is 0.141. The molecule has 0 spiro atoms. The standard InChI is InChI=1S/C14H17N3O3/c1-2-20-13-5-4-12(8-11(13)10-18)16-14(19)9-17-7-3-6-15-17/h3-8,18H,2,9-10H2,1H3,(H,16,19). The molecule has 0 aliphatic heterocycles. The third-order valence-corrected chi connectivity index (χ3v) is 2.68. The van der Waals surface area contributed by atoms with Gasteiger partial charge in [0.1, 0.15) is 12.3 Å². The van der Waals surface area contributed by atoms with E-state index >= 15 is 0 Å². The normalized spacial score (nSPS) is 10.3. The van der Waals surface area contributed by atoms with Crippen LogP contribution in [0, 0.1) is 0 Å². The Balaban J connectivity index is 2.03. The Hall–Kier alpha value is -2.34. The van der Waals surface area contributed by atoms with Gasteiger partial charge in [-0.2, -0.15) is 5.10 Å². The summed E-state index contributed by atoms with van der Waals surface area (Å²) in [5.41, 5.74) is 1.26. The average Bonchev–Trinajstić information content (AvgIpc) is 2.93. The summed E-state index contributed by atoms with van der Waals surface area (Å²) < 4.78 is 6.92. The molecule has 2 N–H and O–H groups in total. The van der Waals surface area contributed by atoms with Gasteiger partial charge in [0.25, 0.3) is 0 Å². The largest absolute Gasteiger partial charge is 0.494 e. The van der Waals surface area contributed by atoms with Gasteiger partial charge >= 0.3 is 0 Å². The number of aromatic nitrogens is 2. The first-order valence-electron chi connectivity index (χ1n) is 6.36. The van der Waals surface area contributed by atoms with Crippen LogP contribution in [0.3, 0.4) is 0 Å². The Morgan fingerprint density at radius 2 is 2.35 bits per heavy atom. The summed E-state index contributed by atoms with van der Waals surface area (Å²) in [5, 5.41) is 16.0. The van der Waals surface area contributed by atoms with E-state index in [0.29, 0.717) is 23.6 Å².